The first kappa shape index (κ1) is 22.6. The second-order valence-electron chi connectivity index (χ2n) is 6.54. The summed E-state index contributed by atoms with van der Waals surface area (Å²) in [6, 6.07) is 17.9. The second kappa shape index (κ2) is 10.8. The van der Waals surface area contributed by atoms with Crippen molar-refractivity contribution in [1.82, 2.24) is 14.9 Å². The molecule has 3 rings (SSSR count). The van der Waals surface area contributed by atoms with Crippen LogP contribution in [0.4, 0.5) is 0 Å². The van der Waals surface area contributed by atoms with Crippen LogP contribution in [0.5, 0.6) is 0 Å². The van der Waals surface area contributed by atoms with E-state index in [0.717, 1.165) is 31.0 Å². The smallest absolute Gasteiger partial charge is 0.213 e. The van der Waals surface area contributed by atoms with E-state index < -0.39 is 10.0 Å². The number of hydrogen-bond donors (Lipinski definition) is 2. The molecule has 1 aliphatic heterocycles. The van der Waals surface area contributed by atoms with Crippen LogP contribution >= 0.6 is 24.0 Å². The Morgan fingerprint density at radius 1 is 1.07 bits per heavy atom. The van der Waals surface area contributed by atoms with Crippen molar-refractivity contribution < 1.29 is 8.42 Å². The van der Waals surface area contributed by atoms with Gasteiger partial charge in [0.25, 0.3) is 0 Å². The Labute approximate surface area is 184 Å². The van der Waals surface area contributed by atoms with Crippen LogP contribution in [-0.4, -0.2) is 45.2 Å². The highest BCUT2D eigenvalue weighted by Gasteiger charge is 2.19. The molecule has 1 aliphatic rings. The standard InChI is InChI=1S/C20H26N4O2S.HI/c1-21-20(24-13-11-18-9-5-6-10-19(18)16-24)22-12-14-27(25,26)23-15-17-7-3-2-4-8-17;/h2-10,23H,11-16H2,1H3,(H,21,22);1H. The van der Waals surface area contributed by atoms with Gasteiger partial charge < -0.3 is 10.2 Å². The zero-order valence-corrected chi connectivity index (χ0v) is 19.1. The molecule has 0 saturated carbocycles. The summed E-state index contributed by atoms with van der Waals surface area (Å²) in [6.45, 7) is 2.28. The van der Waals surface area contributed by atoms with Crippen LogP contribution in [0.15, 0.2) is 59.6 Å². The maximum atomic E-state index is 12.2. The zero-order valence-electron chi connectivity index (χ0n) is 16.0. The van der Waals surface area contributed by atoms with Gasteiger partial charge in [0.1, 0.15) is 0 Å². The Morgan fingerprint density at radius 2 is 1.75 bits per heavy atom. The molecule has 0 aromatic heterocycles. The Balaban J connectivity index is 0.00000280. The molecule has 28 heavy (non-hydrogen) atoms. The van der Waals surface area contributed by atoms with Crippen LogP contribution in [0.3, 0.4) is 0 Å². The van der Waals surface area contributed by atoms with Gasteiger partial charge >= 0.3 is 0 Å². The molecule has 0 atom stereocenters. The molecule has 8 heteroatoms. The fourth-order valence-corrected chi connectivity index (χ4v) is 4.07. The minimum atomic E-state index is -3.35. The summed E-state index contributed by atoms with van der Waals surface area (Å²) in [5.41, 5.74) is 3.61. The predicted molar refractivity (Wildman–Crippen MR) is 124 cm³/mol. The number of nitrogens with zero attached hydrogens (tertiary/aromatic N) is 2. The van der Waals surface area contributed by atoms with Gasteiger partial charge in [0, 0.05) is 33.2 Å². The summed E-state index contributed by atoms with van der Waals surface area (Å²) in [5.74, 6) is 0.742. The fourth-order valence-electron chi connectivity index (χ4n) is 3.17. The molecule has 2 aromatic rings. The van der Waals surface area contributed by atoms with Gasteiger partial charge in [-0.15, -0.1) is 24.0 Å². The minimum Gasteiger partial charge on any atom is -0.355 e. The second-order valence-corrected chi connectivity index (χ2v) is 8.47. The van der Waals surface area contributed by atoms with E-state index in [1.54, 1.807) is 7.05 Å². The fraction of sp³-hybridized carbons (Fsp3) is 0.350. The lowest BCUT2D eigenvalue weighted by molar-refractivity contribution is 0.380. The van der Waals surface area contributed by atoms with Crippen molar-refractivity contribution in [2.45, 2.75) is 19.5 Å². The maximum Gasteiger partial charge on any atom is 0.213 e. The normalized spacial score (nSPS) is 14.2. The Kier molecular flexibility index (Phi) is 8.71. The molecule has 0 aliphatic carbocycles. The van der Waals surface area contributed by atoms with E-state index >= 15 is 0 Å². The van der Waals surface area contributed by atoms with E-state index in [2.05, 4.69) is 38.1 Å². The van der Waals surface area contributed by atoms with E-state index in [4.69, 9.17) is 0 Å². The lowest BCUT2D eigenvalue weighted by atomic mass is 10.0. The van der Waals surface area contributed by atoms with Crippen molar-refractivity contribution >= 4 is 40.0 Å². The molecular formula is C20H27IN4O2S. The predicted octanol–water partition coefficient (Wildman–Crippen LogP) is 2.36. The minimum absolute atomic E-state index is 0. The van der Waals surface area contributed by atoms with Crippen LogP contribution in [0.2, 0.25) is 0 Å². The van der Waals surface area contributed by atoms with E-state index in [1.807, 2.05) is 36.4 Å². The molecular weight excluding hydrogens is 487 g/mol. The molecule has 0 fully saturated rings. The number of nitrogens with one attached hydrogen (secondary N) is 2. The van der Waals surface area contributed by atoms with Crippen LogP contribution in [0.25, 0.3) is 0 Å². The number of benzene rings is 2. The summed E-state index contributed by atoms with van der Waals surface area (Å²) in [7, 11) is -1.62. The summed E-state index contributed by atoms with van der Waals surface area (Å²) in [5, 5.41) is 3.18. The van der Waals surface area contributed by atoms with Crippen molar-refractivity contribution in [2.75, 3.05) is 25.9 Å². The summed E-state index contributed by atoms with van der Waals surface area (Å²) >= 11 is 0. The molecule has 1 heterocycles. The molecule has 2 aromatic carbocycles. The molecule has 0 bridgehead atoms. The van der Waals surface area contributed by atoms with Crippen molar-refractivity contribution in [3.05, 3.63) is 71.3 Å². The van der Waals surface area contributed by atoms with Crippen molar-refractivity contribution in [1.29, 1.82) is 0 Å². The van der Waals surface area contributed by atoms with Gasteiger partial charge in [-0.3, -0.25) is 4.99 Å². The van der Waals surface area contributed by atoms with Gasteiger partial charge in [0.2, 0.25) is 10.0 Å². The number of hydrogen-bond acceptors (Lipinski definition) is 3. The highest BCUT2D eigenvalue weighted by Crippen LogP contribution is 2.18. The molecule has 6 nitrogen and oxygen atoms in total. The van der Waals surface area contributed by atoms with Gasteiger partial charge in [-0.25, -0.2) is 13.1 Å². The van der Waals surface area contributed by atoms with Gasteiger partial charge in [-0.2, -0.15) is 0 Å². The van der Waals surface area contributed by atoms with Gasteiger partial charge in [-0.1, -0.05) is 54.6 Å². The molecule has 152 valence electrons. The number of rotatable bonds is 6. The Bertz CT molecular complexity index is 888. The SMILES string of the molecule is CN=C(NCCS(=O)(=O)NCc1ccccc1)N1CCc2ccccc2C1.I. The first-order chi connectivity index (χ1) is 13.1. The summed E-state index contributed by atoms with van der Waals surface area (Å²) in [4.78, 5) is 6.47. The van der Waals surface area contributed by atoms with E-state index in [-0.39, 0.29) is 29.7 Å². The van der Waals surface area contributed by atoms with Gasteiger partial charge in [-0.05, 0) is 23.1 Å². The van der Waals surface area contributed by atoms with Gasteiger partial charge in [0.15, 0.2) is 5.96 Å². The third kappa shape index (κ3) is 6.46. The van der Waals surface area contributed by atoms with Crippen molar-refractivity contribution in [3.63, 3.8) is 0 Å². The van der Waals surface area contributed by atoms with Crippen LogP contribution in [0, 0.1) is 0 Å². The first-order valence-corrected chi connectivity index (χ1v) is 10.8. The van der Waals surface area contributed by atoms with Crippen molar-refractivity contribution in [3.8, 4) is 0 Å². The average Bonchev–Trinajstić information content (AvgIpc) is 2.70. The monoisotopic (exact) mass is 514 g/mol. The number of halogens is 1. The lowest BCUT2D eigenvalue weighted by Crippen LogP contribution is -2.45. The average molecular weight is 514 g/mol. The summed E-state index contributed by atoms with van der Waals surface area (Å²) in [6.07, 6.45) is 0.966. The van der Waals surface area contributed by atoms with Crippen LogP contribution < -0.4 is 10.0 Å². The van der Waals surface area contributed by atoms with E-state index in [1.165, 1.54) is 11.1 Å². The number of aliphatic imine (C=N–C) groups is 1. The third-order valence-electron chi connectivity index (χ3n) is 4.63. The van der Waals surface area contributed by atoms with E-state index in [0.29, 0.717) is 13.1 Å². The topological polar surface area (TPSA) is 73.8 Å². The molecule has 0 saturated heterocycles. The van der Waals surface area contributed by atoms with Gasteiger partial charge in [0.05, 0.1) is 5.75 Å². The van der Waals surface area contributed by atoms with Crippen molar-refractivity contribution in [2.24, 2.45) is 4.99 Å². The van der Waals surface area contributed by atoms with Crippen LogP contribution in [-0.2, 0) is 29.5 Å². The maximum absolute atomic E-state index is 12.2. The molecule has 0 amide bonds. The number of guanidine groups is 1. The molecule has 0 unspecified atom stereocenters. The highest BCUT2D eigenvalue weighted by atomic mass is 127. The summed E-state index contributed by atoms with van der Waals surface area (Å²) < 4.78 is 27.1. The molecule has 2 N–H and O–H groups in total. The Morgan fingerprint density at radius 3 is 2.46 bits per heavy atom. The highest BCUT2D eigenvalue weighted by molar-refractivity contribution is 14.0. The third-order valence-corrected chi connectivity index (χ3v) is 5.96. The number of sulfonamides is 1. The Hall–Kier alpha value is -1.65. The zero-order chi connectivity index (χ0) is 19.1. The molecule has 0 radical (unpaired) electrons. The lowest BCUT2D eigenvalue weighted by Gasteiger charge is -2.31. The van der Waals surface area contributed by atoms with E-state index in [9.17, 15) is 8.42 Å². The quantitative estimate of drug-likeness (QED) is 0.353. The first-order valence-electron chi connectivity index (χ1n) is 9.11. The molecule has 0 spiro atoms. The van der Waals surface area contributed by atoms with Crippen LogP contribution in [0.1, 0.15) is 16.7 Å². The largest absolute Gasteiger partial charge is 0.355 e. The number of fused-ring (bicyclic) bond motifs is 1.